The van der Waals surface area contributed by atoms with E-state index in [-0.39, 0.29) is 0 Å². The average Bonchev–Trinajstić information content (AvgIpc) is 3.77. The minimum Gasteiger partial charge on any atom is -0.355 e. The molecule has 0 unspecified atom stereocenters. The monoisotopic (exact) mass is 721 g/mol. The Hall–Kier alpha value is -6.56. The van der Waals surface area contributed by atoms with Crippen molar-refractivity contribution >= 4 is 100.0 Å². The first-order valence-corrected chi connectivity index (χ1v) is 19.8. The van der Waals surface area contributed by atoms with Crippen LogP contribution in [0.25, 0.3) is 58.8 Å². The fraction of sp³-hybridized carbons (Fsp3) is 0.0400. The van der Waals surface area contributed by atoms with Gasteiger partial charge in [0.25, 0.3) is 0 Å². The molecule has 5 heteroatoms. The lowest BCUT2D eigenvalue weighted by Crippen LogP contribution is -2.37. The van der Waals surface area contributed by atoms with Gasteiger partial charge in [0.15, 0.2) is 7.28 Å². The normalized spacial score (nSPS) is 12.0. The Balaban J connectivity index is 1.20. The minimum absolute atomic E-state index is 0.844. The third kappa shape index (κ3) is 5.11. The highest BCUT2D eigenvalue weighted by molar-refractivity contribution is 7.26. The van der Waals surface area contributed by atoms with Crippen molar-refractivity contribution in [2.45, 2.75) is 13.8 Å². The van der Waals surface area contributed by atoms with Crippen LogP contribution in [0.2, 0.25) is 0 Å². The summed E-state index contributed by atoms with van der Waals surface area (Å²) in [6.07, 6.45) is 0. The van der Waals surface area contributed by atoms with Gasteiger partial charge in [-0.25, -0.2) is 0 Å². The second-order valence-electron chi connectivity index (χ2n) is 14.8. The van der Waals surface area contributed by atoms with Gasteiger partial charge < -0.3 is 14.8 Å². The maximum absolute atomic E-state index is 3.86. The predicted molar refractivity (Wildman–Crippen MR) is 239 cm³/mol. The summed E-state index contributed by atoms with van der Waals surface area (Å²) in [6.45, 7) is 4.43. The Kier molecular flexibility index (Phi) is 7.26. The van der Waals surface area contributed by atoms with Gasteiger partial charge in [-0.15, -0.1) is 11.3 Å². The summed E-state index contributed by atoms with van der Waals surface area (Å²) in [4.78, 5) is 2.36. The van der Waals surface area contributed by atoms with Crippen molar-refractivity contribution in [3.8, 4) is 16.8 Å². The van der Waals surface area contributed by atoms with Gasteiger partial charge in [0.1, 0.15) is 0 Å². The highest BCUT2D eigenvalue weighted by atomic mass is 32.1. The van der Waals surface area contributed by atoms with Crippen LogP contribution < -0.4 is 21.1 Å². The number of rotatable bonds is 6. The maximum atomic E-state index is 3.86. The molecule has 0 saturated heterocycles. The Labute approximate surface area is 325 Å². The predicted octanol–water partition coefficient (Wildman–Crippen LogP) is 12.3. The van der Waals surface area contributed by atoms with Crippen LogP contribution in [0.4, 0.5) is 28.4 Å². The van der Waals surface area contributed by atoms with Crippen molar-refractivity contribution in [1.29, 1.82) is 0 Å². The Morgan fingerprint density at radius 3 is 2.02 bits per heavy atom. The van der Waals surface area contributed by atoms with Crippen molar-refractivity contribution < 1.29 is 0 Å². The van der Waals surface area contributed by atoms with E-state index in [0.29, 0.717) is 0 Å². The summed E-state index contributed by atoms with van der Waals surface area (Å²) >= 11 is 1.90. The first-order valence-electron chi connectivity index (χ1n) is 19.0. The molecule has 1 aliphatic heterocycles. The van der Waals surface area contributed by atoms with Crippen LogP contribution >= 0.6 is 11.3 Å². The van der Waals surface area contributed by atoms with E-state index in [0.717, 1.165) is 35.7 Å². The van der Waals surface area contributed by atoms with Gasteiger partial charge >= 0.3 is 0 Å². The molecule has 0 amide bonds. The molecule has 0 aliphatic carbocycles. The zero-order valence-corrected chi connectivity index (χ0v) is 31.5. The molecule has 10 aromatic rings. The smallest absolute Gasteiger partial charge is 0.198 e. The van der Waals surface area contributed by atoms with Gasteiger partial charge in [-0.1, -0.05) is 102 Å². The fourth-order valence-electron chi connectivity index (χ4n) is 8.84. The van der Waals surface area contributed by atoms with Gasteiger partial charge in [0.05, 0.1) is 5.52 Å². The topological polar surface area (TPSA) is 20.2 Å². The van der Waals surface area contributed by atoms with Crippen LogP contribution in [0.1, 0.15) is 11.1 Å². The molecule has 3 nitrogen and oxygen atoms in total. The van der Waals surface area contributed by atoms with Crippen LogP contribution in [0.5, 0.6) is 0 Å². The van der Waals surface area contributed by atoms with Gasteiger partial charge in [-0.3, -0.25) is 0 Å². The third-order valence-electron chi connectivity index (χ3n) is 11.3. The second kappa shape index (κ2) is 12.5. The highest BCUT2D eigenvalue weighted by Crippen LogP contribution is 2.44. The van der Waals surface area contributed by atoms with E-state index >= 15 is 0 Å². The molecular formula is C50H36BN3S. The lowest BCUT2D eigenvalue weighted by molar-refractivity contribution is 1.20. The molecule has 0 spiro atoms. The molecule has 3 heterocycles. The number of benzene rings is 8. The molecule has 8 aromatic carbocycles. The number of hydrogen-bond acceptors (Lipinski definition) is 3. The van der Waals surface area contributed by atoms with Crippen LogP contribution in [0.15, 0.2) is 170 Å². The molecule has 0 saturated carbocycles. The number of nitrogens with one attached hydrogen (secondary N) is 1. The van der Waals surface area contributed by atoms with Gasteiger partial charge in [0, 0.05) is 76.1 Å². The molecule has 1 N–H and O–H groups in total. The van der Waals surface area contributed by atoms with Crippen LogP contribution in [-0.4, -0.2) is 11.8 Å². The summed E-state index contributed by atoms with van der Waals surface area (Å²) in [5.41, 5.74) is 17.0. The van der Waals surface area contributed by atoms with E-state index in [1.54, 1.807) is 0 Å². The number of thiophene rings is 1. The SMILES string of the molecule is Cc1ccc(Nc2ccc(N(c3ccccc3)c3ccccc3)cc2-c2cc(C)c3c4ccccc4n4c3c2Bc2cc3sc5ccccc5c3cc2-4)cc1. The van der Waals surface area contributed by atoms with E-state index in [1.165, 1.54) is 80.8 Å². The number of fused-ring (bicyclic) bond motifs is 8. The largest absolute Gasteiger partial charge is 0.355 e. The summed E-state index contributed by atoms with van der Waals surface area (Å²) in [6, 6.07) is 62.2. The van der Waals surface area contributed by atoms with Gasteiger partial charge in [0.2, 0.25) is 0 Å². The van der Waals surface area contributed by atoms with Crippen molar-refractivity contribution in [1.82, 2.24) is 4.57 Å². The van der Waals surface area contributed by atoms with Crippen molar-refractivity contribution in [2.24, 2.45) is 0 Å². The van der Waals surface area contributed by atoms with Crippen LogP contribution in [-0.2, 0) is 0 Å². The zero-order chi connectivity index (χ0) is 36.6. The summed E-state index contributed by atoms with van der Waals surface area (Å²) in [5.74, 6) is 0. The maximum Gasteiger partial charge on any atom is 0.198 e. The zero-order valence-electron chi connectivity index (χ0n) is 30.7. The lowest BCUT2D eigenvalue weighted by Gasteiger charge is -2.28. The molecule has 0 atom stereocenters. The van der Waals surface area contributed by atoms with E-state index in [4.69, 9.17) is 0 Å². The third-order valence-corrected chi connectivity index (χ3v) is 12.5. The van der Waals surface area contributed by atoms with E-state index in [9.17, 15) is 0 Å². The number of para-hydroxylation sites is 3. The number of anilines is 5. The first kappa shape index (κ1) is 31.9. The molecule has 1 aliphatic rings. The number of nitrogens with zero attached hydrogens (tertiary/aromatic N) is 2. The molecule has 11 rings (SSSR count). The summed E-state index contributed by atoms with van der Waals surface area (Å²) in [7, 11) is 0.844. The van der Waals surface area contributed by atoms with Gasteiger partial charge in [-0.05, 0) is 109 Å². The van der Waals surface area contributed by atoms with Crippen molar-refractivity contribution in [3.05, 3.63) is 181 Å². The van der Waals surface area contributed by atoms with Crippen LogP contribution in [0.3, 0.4) is 0 Å². The first-order chi connectivity index (χ1) is 27.1. The minimum atomic E-state index is 0.844. The molecule has 0 bridgehead atoms. The number of aromatic nitrogens is 1. The Morgan fingerprint density at radius 1 is 0.564 bits per heavy atom. The number of hydrogen-bond donors (Lipinski definition) is 1. The van der Waals surface area contributed by atoms with E-state index < -0.39 is 0 Å². The lowest BCUT2D eigenvalue weighted by atomic mass is 9.58. The Bertz CT molecular complexity index is 3070. The quantitative estimate of drug-likeness (QED) is 0.173. The molecule has 55 heavy (non-hydrogen) atoms. The molecule has 0 radical (unpaired) electrons. The Morgan fingerprint density at radius 2 is 1.25 bits per heavy atom. The number of aryl methyl sites for hydroxylation is 2. The van der Waals surface area contributed by atoms with Crippen LogP contribution in [0, 0.1) is 13.8 Å². The van der Waals surface area contributed by atoms with E-state index in [1.807, 2.05) is 11.3 Å². The molecule has 0 fully saturated rings. The second-order valence-corrected chi connectivity index (χ2v) is 15.9. The average molecular weight is 722 g/mol. The van der Waals surface area contributed by atoms with Crippen molar-refractivity contribution in [2.75, 3.05) is 10.2 Å². The fourth-order valence-corrected chi connectivity index (χ4v) is 9.99. The molecule has 2 aromatic heterocycles. The molecule has 260 valence electrons. The van der Waals surface area contributed by atoms with Crippen molar-refractivity contribution in [3.63, 3.8) is 0 Å². The standard InChI is InChI=1S/C50H36BN3S/c1-31-21-23-33(24-22-31)52-43-26-25-36(53(34-13-5-3-6-14-34)35-15-7-4-8-16-35)28-39(43)41-27-32(2)48-38-18-9-11-19-44(38)54-45-29-40-37-17-10-12-20-46(37)55-47(40)30-42(45)51-49(41)50(48)54/h3-30,51-52H,1-2H3. The summed E-state index contributed by atoms with van der Waals surface area (Å²) in [5, 5.41) is 9.17. The molecular weight excluding hydrogens is 685 g/mol. The van der Waals surface area contributed by atoms with E-state index in [2.05, 4.69) is 198 Å². The summed E-state index contributed by atoms with van der Waals surface area (Å²) < 4.78 is 5.24. The highest BCUT2D eigenvalue weighted by Gasteiger charge is 2.29. The van der Waals surface area contributed by atoms with Gasteiger partial charge in [-0.2, -0.15) is 0 Å².